The second-order valence-electron chi connectivity index (χ2n) is 7.92. The number of Topliss-reactive ketones (excluding diaryl/α,β-unsaturated/α-hetero) is 1. The third-order valence-corrected chi connectivity index (χ3v) is 6.17. The second kappa shape index (κ2) is 10.1. The number of hydrogen-bond donors (Lipinski definition) is 2. The Kier molecular flexibility index (Phi) is 7.02. The van der Waals surface area contributed by atoms with Gasteiger partial charge in [0.25, 0.3) is 11.7 Å². The Morgan fingerprint density at radius 1 is 0.971 bits per heavy atom. The number of aliphatic hydroxyl groups is 1. The molecule has 7 nitrogen and oxygen atoms in total. The maximum atomic E-state index is 13.2. The van der Waals surface area contributed by atoms with Gasteiger partial charge in [0.05, 0.1) is 24.6 Å². The highest BCUT2D eigenvalue weighted by molar-refractivity contribution is 9.10. The molecule has 1 heterocycles. The first-order valence-electron chi connectivity index (χ1n) is 10.9. The van der Waals surface area contributed by atoms with Gasteiger partial charge >= 0.3 is 5.97 Å². The Balaban J connectivity index is 1.80. The molecule has 1 aliphatic rings. The van der Waals surface area contributed by atoms with Crippen molar-refractivity contribution in [2.24, 2.45) is 0 Å². The maximum absolute atomic E-state index is 13.2. The Bertz CT molecular complexity index is 1300. The summed E-state index contributed by atoms with van der Waals surface area (Å²) in [6.07, 6.45) is 0.0812. The Labute approximate surface area is 210 Å². The van der Waals surface area contributed by atoms with Crippen molar-refractivity contribution < 1.29 is 29.3 Å². The van der Waals surface area contributed by atoms with E-state index in [1.165, 1.54) is 17.0 Å². The largest absolute Gasteiger partial charge is 0.508 e. The molecule has 1 saturated heterocycles. The Morgan fingerprint density at radius 2 is 1.60 bits per heavy atom. The fraction of sp³-hybridized carbons (Fsp3) is 0.148. The fourth-order valence-corrected chi connectivity index (χ4v) is 4.25. The molecule has 0 bridgehead atoms. The van der Waals surface area contributed by atoms with Crippen molar-refractivity contribution in [3.05, 3.63) is 99.5 Å². The molecular formula is C27H22BrNO6. The topological polar surface area (TPSA) is 104 Å². The van der Waals surface area contributed by atoms with E-state index in [1.807, 2.05) is 0 Å². The molecule has 35 heavy (non-hydrogen) atoms. The van der Waals surface area contributed by atoms with E-state index in [2.05, 4.69) is 15.9 Å². The SMILES string of the molecule is CCOC(=O)Cc1ccc(N2C(=O)C(=O)/C(=C(/O)c3ccc(Br)cc3)C2c2ccc(O)cc2)cc1. The smallest absolute Gasteiger partial charge is 0.310 e. The molecule has 1 amide bonds. The van der Waals surface area contributed by atoms with Gasteiger partial charge in [-0.2, -0.15) is 0 Å². The molecule has 3 aromatic carbocycles. The zero-order valence-corrected chi connectivity index (χ0v) is 20.4. The molecular weight excluding hydrogens is 514 g/mol. The number of phenolic OH excluding ortho intramolecular Hbond substituents is 1. The monoisotopic (exact) mass is 535 g/mol. The van der Waals surface area contributed by atoms with Gasteiger partial charge in [0.2, 0.25) is 0 Å². The number of halogens is 1. The number of ketones is 1. The molecule has 8 heteroatoms. The summed E-state index contributed by atoms with van der Waals surface area (Å²) < 4.78 is 5.77. The van der Waals surface area contributed by atoms with Crippen molar-refractivity contribution in [2.75, 3.05) is 11.5 Å². The van der Waals surface area contributed by atoms with Crippen LogP contribution in [0.15, 0.2) is 82.8 Å². The molecule has 1 aliphatic heterocycles. The van der Waals surface area contributed by atoms with Gasteiger partial charge in [-0.25, -0.2) is 0 Å². The van der Waals surface area contributed by atoms with Crippen molar-refractivity contribution in [3.63, 3.8) is 0 Å². The van der Waals surface area contributed by atoms with E-state index in [0.29, 0.717) is 22.4 Å². The lowest BCUT2D eigenvalue weighted by molar-refractivity contribution is -0.142. The van der Waals surface area contributed by atoms with Gasteiger partial charge in [0, 0.05) is 15.7 Å². The van der Waals surface area contributed by atoms with Crippen LogP contribution in [-0.2, 0) is 25.5 Å². The first kappa shape index (κ1) is 24.2. The number of benzene rings is 3. The number of phenols is 1. The number of ether oxygens (including phenoxy) is 1. The fourth-order valence-electron chi connectivity index (χ4n) is 3.99. The summed E-state index contributed by atoms with van der Waals surface area (Å²) in [6, 6.07) is 18.6. The van der Waals surface area contributed by atoms with E-state index in [0.717, 1.165) is 4.47 Å². The van der Waals surface area contributed by atoms with Crippen molar-refractivity contribution in [2.45, 2.75) is 19.4 Å². The number of carbonyl (C=O) groups is 3. The van der Waals surface area contributed by atoms with Crippen molar-refractivity contribution >= 4 is 45.0 Å². The highest BCUT2D eigenvalue weighted by Crippen LogP contribution is 2.42. The van der Waals surface area contributed by atoms with Gasteiger partial charge in [-0.05, 0) is 54.4 Å². The van der Waals surface area contributed by atoms with Gasteiger partial charge in [0.1, 0.15) is 11.5 Å². The van der Waals surface area contributed by atoms with Crippen LogP contribution < -0.4 is 4.90 Å². The summed E-state index contributed by atoms with van der Waals surface area (Å²) in [6.45, 7) is 2.02. The number of esters is 1. The molecule has 0 spiro atoms. The number of carbonyl (C=O) groups excluding carboxylic acids is 3. The van der Waals surface area contributed by atoms with E-state index < -0.39 is 17.7 Å². The highest BCUT2D eigenvalue weighted by atomic mass is 79.9. The second-order valence-corrected chi connectivity index (χ2v) is 8.83. The van der Waals surface area contributed by atoms with Crippen LogP contribution in [0.5, 0.6) is 5.75 Å². The van der Waals surface area contributed by atoms with E-state index in [4.69, 9.17) is 4.74 Å². The zero-order valence-electron chi connectivity index (χ0n) is 18.8. The number of nitrogens with zero attached hydrogens (tertiary/aromatic N) is 1. The normalized spacial score (nSPS) is 17.0. The summed E-state index contributed by atoms with van der Waals surface area (Å²) in [5, 5.41) is 20.9. The van der Waals surface area contributed by atoms with E-state index >= 15 is 0 Å². The number of amides is 1. The van der Waals surface area contributed by atoms with E-state index in [9.17, 15) is 24.6 Å². The lowest BCUT2D eigenvalue weighted by Gasteiger charge is -2.25. The average molecular weight is 536 g/mol. The van der Waals surface area contributed by atoms with E-state index in [-0.39, 0.29) is 36.1 Å². The number of hydrogen-bond acceptors (Lipinski definition) is 6. The number of anilines is 1. The van der Waals surface area contributed by atoms with Crippen LogP contribution in [0.25, 0.3) is 5.76 Å². The summed E-state index contributed by atoms with van der Waals surface area (Å²) in [7, 11) is 0. The van der Waals surface area contributed by atoms with Crippen LogP contribution in [0.3, 0.4) is 0 Å². The van der Waals surface area contributed by atoms with Crippen molar-refractivity contribution in [1.82, 2.24) is 0 Å². The quantitative estimate of drug-likeness (QED) is 0.201. The number of aliphatic hydroxyl groups excluding tert-OH is 1. The molecule has 178 valence electrons. The third-order valence-electron chi connectivity index (χ3n) is 5.64. The summed E-state index contributed by atoms with van der Waals surface area (Å²) in [4.78, 5) is 39.5. The molecule has 0 aromatic heterocycles. The van der Waals surface area contributed by atoms with Crippen LogP contribution in [0.2, 0.25) is 0 Å². The Hall–Kier alpha value is -3.91. The lowest BCUT2D eigenvalue weighted by atomic mass is 9.95. The minimum atomic E-state index is -0.921. The standard InChI is InChI=1S/C27H22BrNO6/c1-2-35-22(31)15-16-3-11-20(12-4-16)29-24(17-7-13-21(30)14-8-17)23(26(33)27(29)34)25(32)18-5-9-19(28)10-6-18/h3-14,24,30,32H,2,15H2,1H3/b25-23+. The molecule has 0 aliphatic carbocycles. The average Bonchev–Trinajstić information content (AvgIpc) is 3.11. The third kappa shape index (κ3) is 4.97. The first-order chi connectivity index (χ1) is 16.8. The molecule has 4 rings (SSSR count). The minimum Gasteiger partial charge on any atom is -0.508 e. The van der Waals surface area contributed by atoms with Crippen LogP contribution in [-0.4, -0.2) is 34.5 Å². The van der Waals surface area contributed by atoms with Crippen LogP contribution in [0.1, 0.15) is 29.7 Å². The molecule has 0 saturated carbocycles. The molecule has 3 aromatic rings. The predicted molar refractivity (Wildman–Crippen MR) is 134 cm³/mol. The van der Waals surface area contributed by atoms with Gasteiger partial charge < -0.3 is 14.9 Å². The van der Waals surface area contributed by atoms with Gasteiger partial charge in [0.15, 0.2) is 0 Å². The molecule has 1 fully saturated rings. The van der Waals surface area contributed by atoms with Gasteiger partial charge in [-0.1, -0.05) is 52.3 Å². The maximum Gasteiger partial charge on any atom is 0.310 e. The van der Waals surface area contributed by atoms with Crippen LogP contribution in [0, 0.1) is 0 Å². The zero-order chi connectivity index (χ0) is 25.1. The van der Waals surface area contributed by atoms with Crippen molar-refractivity contribution in [3.8, 4) is 5.75 Å². The van der Waals surface area contributed by atoms with Crippen LogP contribution in [0.4, 0.5) is 5.69 Å². The summed E-state index contributed by atoms with van der Waals surface area (Å²) in [5.41, 5.74) is 1.99. The molecule has 0 radical (unpaired) electrons. The lowest BCUT2D eigenvalue weighted by Crippen LogP contribution is -2.29. The van der Waals surface area contributed by atoms with E-state index in [1.54, 1.807) is 67.6 Å². The summed E-state index contributed by atoms with van der Waals surface area (Å²) in [5.74, 6) is -2.24. The predicted octanol–water partition coefficient (Wildman–Crippen LogP) is 4.89. The molecule has 1 atom stereocenters. The number of rotatable bonds is 6. The van der Waals surface area contributed by atoms with Gasteiger partial charge in [-0.3, -0.25) is 19.3 Å². The summed E-state index contributed by atoms with van der Waals surface area (Å²) >= 11 is 3.34. The molecule has 1 unspecified atom stereocenters. The first-order valence-corrected chi connectivity index (χ1v) is 11.7. The van der Waals surface area contributed by atoms with Crippen molar-refractivity contribution in [1.29, 1.82) is 0 Å². The number of aromatic hydroxyl groups is 1. The highest BCUT2D eigenvalue weighted by Gasteiger charge is 2.46. The van der Waals surface area contributed by atoms with Crippen LogP contribution >= 0.6 is 15.9 Å². The Morgan fingerprint density at radius 3 is 2.20 bits per heavy atom. The molecule has 2 N–H and O–H groups in total. The minimum absolute atomic E-state index is 0.0296. The van der Waals surface area contributed by atoms with Gasteiger partial charge in [-0.15, -0.1) is 0 Å².